The Hall–Kier alpha value is -0.850. The van der Waals surface area contributed by atoms with Gasteiger partial charge in [-0.2, -0.15) is 5.06 Å². The Kier molecular flexibility index (Phi) is 8.20. The van der Waals surface area contributed by atoms with Crippen LogP contribution in [0.25, 0.3) is 0 Å². The van der Waals surface area contributed by atoms with E-state index in [0.29, 0.717) is 13.0 Å². The average molecular weight is 206 g/mol. The predicted molar refractivity (Wildman–Crippen MR) is 50.3 cm³/mol. The van der Waals surface area contributed by atoms with Crippen LogP contribution in [0.5, 0.6) is 0 Å². The topological polar surface area (TPSA) is 93.0 Å². The number of rotatable bonds is 8. The number of carboxylic acid groups (broad SMARTS) is 1. The number of aliphatic hydroxyl groups is 1. The molecule has 14 heavy (non-hydrogen) atoms. The molecule has 0 aliphatic rings. The molecule has 0 radical (unpaired) electrons. The van der Waals surface area contributed by atoms with E-state index < -0.39 is 6.09 Å². The molecule has 0 saturated carbocycles. The van der Waals surface area contributed by atoms with Gasteiger partial charge in [-0.05, 0) is 32.4 Å². The van der Waals surface area contributed by atoms with Crippen LogP contribution < -0.4 is 5.32 Å². The summed E-state index contributed by atoms with van der Waals surface area (Å²) >= 11 is 0. The number of amides is 1. The van der Waals surface area contributed by atoms with Crippen molar-refractivity contribution in [1.29, 1.82) is 0 Å². The van der Waals surface area contributed by atoms with Crippen LogP contribution >= 0.6 is 0 Å². The Labute approximate surface area is 83.1 Å². The Bertz CT molecular complexity index is 154. The highest BCUT2D eigenvalue weighted by atomic mass is 16.6. The summed E-state index contributed by atoms with van der Waals surface area (Å²) in [6.07, 6.45) is 0.916. The number of hydrogen-bond donors (Lipinski definition) is 4. The van der Waals surface area contributed by atoms with Gasteiger partial charge in [0.2, 0.25) is 0 Å². The SMILES string of the molecule is O=C(O)N(O)CCCNCCCCO. The molecule has 0 aromatic heterocycles. The van der Waals surface area contributed by atoms with Crippen LogP contribution in [-0.4, -0.2) is 52.8 Å². The van der Waals surface area contributed by atoms with Gasteiger partial charge in [0.25, 0.3) is 0 Å². The van der Waals surface area contributed by atoms with Gasteiger partial charge in [-0.25, -0.2) is 4.79 Å². The summed E-state index contributed by atoms with van der Waals surface area (Å²) in [5.41, 5.74) is 0. The molecular formula is C8H18N2O4. The molecule has 0 bridgehead atoms. The van der Waals surface area contributed by atoms with Crippen molar-refractivity contribution in [2.24, 2.45) is 0 Å². The first kappa shape index (κ1) is 13.2. The van der Waals surface area contributed by atoms with Crippen LogP contribution in [0.15, 0.2) is 0 Å². The minimum Gasteiger partial charge on any atom is -0.463 e. The van der Waals surface area contributed by atoms with Crippen molar-refractivity contribution in [3.05, 3.63) is 0 Å². The van der Waals surface area contributed by atoms with E-state index in [1.54, 1.807) is 0 Å². The van der Waals surface area contributed by atoms with Crippen molar-refractivity contribution in [2.45, 2.75) is 19.3 Å². The maximum Gasteiger partial charge on any atom is 0.431 e. The molecule has 0 saturated heterocycles. The molecule has 0 aromatic rings. The van der Waals surface area contributed by atoms with E-state index in [4.69, 9.17) is 15.4 Å². The zero-order valence-electron chi connectivity index (χ0n) is 8.15. The molecule has 0 aliphatic heterocycles. The number of aliphatic hydroxyl groups excluding tert-OH is 1. The summed E-state index contributed by atoms with van der Waals surface area (Å²) < 4.78 is 0. The third-order valence-corrected chi connectivity index (χ3v) is 1.71. The Morgan fingerprint density at radius 1 is 1.21 bits per heavy atom. The quantitative estimate of drug-likeness (QED) is 0.257. The number of hydrogen-bond acceptors (Lipinski definition) is 4. The number of hydroxylamine groups is 2. The van der Waals surface area contributed by atoms with E-state index in [0.717, 1.165) is 19.4 Å². The molecule has 6 heteroatoms. The molecule has 0 unspecified atom stereocenters. The third-order valence-electron chi connectivity index (χ3n) is 1.71. The van der Waals surface area contributed by atoms with Gasteiger partial charge in [0.1, 0.15) is 0 Å². The van der Waals surface area contributed by atoms with Gasteiger partial charge < -0.3 is 15.5 Å². The fraction of sp³-hybridized carbons (Fsp3) is 0.875. The van der Waals surface area contributed by atoms with Crippen LogP contribution in [-0.2, 0) is 0 Å². The van der Waals surface area contributed by atoms with Gasteiger partial charge in [0, 0.05) is 6.61 Å². The Morgan fingerprint density at radius 2 is 1.86 bits per heavy atom. The molecule has 1 amide bonds. The van der Waals surface area contributed by atoms with Gasteiger partial charge in [-0.3, -0.25) is 5.21 Å². The lowest BCUT2D eigenvalue weighted by Gasteiger charge is -2.10. The van der Waals surface area contributed by atoms with Gasteiger partial charge in [0.05, 0.1) is 6.54 Å². The van der Waals surface area contributed by atoms with E-state index in [1.165, 1.54) is 0 Å². The third kappa shape index (κ3) is 7.78. The fourth-order valence-electron chi connectivity index (χ4n) is 0.936. The molecule has 0 rings (SSSR count). The first-order chi connectivity index (χ1) is 6.68. The molecule has 0 atom stereocenters. The van der Waals surface area contributed by atoms with E-state index in [9.17, 15) is 4.79 Å². The van der Waals surface area contributed by atoms with E-state index in [2.05, 4.69) is 5.32 Å². The van der Waals surface area contributed by atoms with Crippen LogP contribution in [0.3, 0.4) is 0 Å². The van der Waals surface area contributed by atoms with Crippen molar-refractivity contribution in [2.75, 3.05) is 26.2 Å². The molecule has 0 spiro atoms. The Morgan fingerprint density at radius 3 is 2.43 bits per heavy atom. The van der Waals surface area contributed by atoms with Crippen molar-refractivity contribution >= 4 is 6.09 Å². The second-order valence-electron chi connectivity index (χ2n) is 2.94. The second-order valence-corrected chi connectivity index (χ2v) is 2.94. The van der Waals surface area contributed by atoms with Gasteiger partial charge in [-0.15, -0.1) is 0 Å². The summed E-state index contributed by atoms with van der Waals surface area (Å²) in [6.45, 7) is 1.78. The number of nitrogens with zero attached hydrogens (tertiary/aromatic N) is 1. The molecular weight excluding hydrogens is 188 g/mol. The molecule has 0 fully saturated rings. The first-order valence-electron chi connectivity index (χ1n) is 4.69. The highest BCUT2D eigenvalue weighted by molar-refractivity contribution is 5.63. The molecule has 0 aromatic carbocycles. The summed E-state index contributed by atoms with van der Waals surface area (Å²) in [4.78, 5) is 10.1. The number of nitrogens with one attached hydrogen (secondary N) is 1. The lowest BCUT2D eigenvalue weighted by Crippen LogP contribution is -2.29. The van der Waals surface area contributed by atoms with Crippen molar-refractivity contribution < 1.29 is 20.2 Å². The van der Waals surface area contributed by atoms with Gasteiger partial charge in [-0.1, -0.05) is 0 Å². The molecule has 4 N–H and O–H groups in total. The van der Waals surface area contributed by atoms with Crippen molar-refractivity contribution in [1.82, 2.24) is 10.4 Å². The predicted octanol–water partition coefficient (Wildman–Crippen LogP) is 0.108. The maximum atomic E-state index is 10.1. The van der Waals surface area contributed by atoms with Gasteiger partial charge in [0.15, 0.2) is 0 Å². The number of unbranched alkanes of at least 4 members (excludes halogenated alkanes) is 1. The molecule has 0 heterocycles. The fourth-order valence-corrected chi connectivity index (χ4v) is 0.936. The maximum absolute atomic E-state index is 10.1. The Balaban J connectivity index is 3.09. The van der Waals surface area contributed by atoms with Crippen LogP contribution in [0.2, 0.25) is 0 Å². The number of carbonyl (C=O) groups is 1. The summed E-state index contributed by atoms with van der Waals surface area (Å²) in [5, 5.41) is 28.8. The van der Waals surface area contributed by atoms with Gasteiger partial charge >= 0.3 is 6.09 Å². The monoisotopic (exact) mass is 206 g/mol. The highest BCUT2D eigenvalue weighted by Crippen LogP contribution is 1.87. The largest absolute Gasteiger partial charge is 0.463 e. The zero-order chi connectivity index (χ0) is 10.8. The summed E-state index contributed by atoms with van der Waals surface area (Å²) in [7, 11) is 0. The summed E-state index contributed by atoms with van der Waals surface area (Å²) in [5.74, 6) is 0. The lowest BCUT2D eigenvalue weighted by molar-refractivity contribution is -0.0640. The second kappa shape index (κ2) is 8.74. The molecule has 6 nitrogen and oxygen atoms in total. The molecule has 0 aliphatic carbocycles. The minimum atomic E-state index is -1.33. The zero-order valence-corrected chi connectivity index (χ0v) is 8.15. The standard InChI is InChI=1S/C8H18N2O4/c11-7-2-1-4-9-5-3-6-10(14)8(12)13/h9,11,14H,1-7H2,(H,12,13). The molecule has 84 valence electrons. The minimum absolute atomic E-state index is 0.113. The summed E-state index contributed by atoms with van der Waals surface area (Å²) in [6, 6.07) is 0. The normalized spacial score (nSPS) is 10.1. The van der Waals surface area contributed by atoms with Crippen molar-refractivity contribution in [3.63, 3.8) is 0 Å². The van der Waals surface area contributed by atoms with E-state index in [-0.39, 0.29) is 18.2 Å². The van der Waals surface area contributed by atoms with E-state index in [1.807, 2.05) is 0 Å². The average Bonchev–Trinajstić information content (AvgIpc) is 2.16. The first-order valence-corrected chi connectivity index (χ1v) is 4.69. The lowest BCUT2D eigenvalue weighted by atomic mass is 10.3. The van der Waals surface area contributed by atoms with E-state index >= 15 is 0 Å². The van der Waals surface area contributed by atoms with Crippen LogP contribution in [0.4, 0.5) is 4.79 Å². The van der Waals surface area contributed by atoms with Crippen LogP contribution in [0, 0.1) is 0 Å². The highest BCUT2D eigenvalue weighted by Gasteiger charge is 2.05. The van der Waals surface area contributed by atoms with Crippen LogP contribution in [0.1, 0.15) is 19.3 Å². The van der Waals surface area contributed by atoms with Crippen molar-refractivity contribution in [3.8, 4) is 0 Å². The smallest absolute Gasteiger partial charge is 0.431 e.